The Balaban J connectivity index is 1.68. The first-order valence-corrected chi connectivity index (χ1v) is 18.3. The molecule has 0 amide bonds. The third kappa shape index (κ3) is 3.46. The molecule has 4 heteroatoms. The Morgan fingerprint density at radius 1 is 0.600 bits per heavy atom. The van der Waals surface area contributed by atoms with Gasteiger partial charge < -0.3 is 8.82 Å². The highest BCUT2D eigenvalue weighted by Crippen LogP contribution is 2.60. The summed E-state index contributed by atoms with van der Waals surface area (Å²) in [6.07, 6.45) is 1.93. The predicted octanol–water partition coefficient (Wildman–Crippen LogP) is 12.3. The predicted molar refractivity (Wildman–Crippen MR) is 207 cm³/mol. The molecular formula is C46H47N3O. The van der Waals surface area contributed by atoms with Crippen LogP contribution in [0.5, 0.6) is 0 Å². The van der Waals surface area contributed by atoms with Crippen molar-refractivity contribution in [1.82, 2.24) is 4.40 Å². The van der Waals surface area contributed by atoms with Gasteiger partial charge >= 0.3 is 0 Å². The van der Waals surface area contributed by atoms with Gasteiger partial charge in [-0.1, -0.05) is 88.3 Å². The number of nitrogens with zero attached hydrogens (tertiary/aromatic N) is 3. The van der Waals surface area contributed by atoms with E-state index in [1.165, 1.54) is 54.9 Å². The van der Waals surface area contributed by atoms with Crippen molar-refractivity contribution in [3.05, 3.63) is 74.3 Å². The number of nitriles is 2. The van der Waals surface area contributed by atoms with Gasteiger partial charge in [0.1, 0.15) is 11.2 Å². The molecule has 0 saturated carbocycles. The molecule has 0 unspecified atom stereocenters. The lowest BCUT2D eigenvalue weighted by Gasteiger charge is -2.23. The molecule has 0 aliphatic heterocycles. The van der Waals surface area contributed by atoms with E-state index in [-0.39, 0.29) is 27.1 Å². The molecular weight excluding hydrogens is 611 g/mol. The summed E-state index contributed by atoms with van der Waals surface area (Å²) in [5.74, 6) is 0. The maximum atomic E-state index is 10.9. The summed E-state index contributed by atoms with van der Waals surface area (Å²) in [7, 11) is 0. The van der Waals surface area contributed by atoms with E-state index in [0.29, 0.717) is 0 Å². The minimum Gasteiger partial charge on any atom is -0.456 e. The molecule has 2 aliphatic rings. The number of hydrogen-bond donors (Lipinski definition) is 0. The molecule has 0 radical (unpaired) electrons. The molecule has 4 nitrogen and oxygen atoms in total. The molecule has 0 saturated heterocycles. The molecule has 0 bridgehead atoms. The second kappa shape index (κ2) is 8.84. The maximum Gasteiger partial charge on any atom is 0.136 e. The van der Waals surface area contributed by atoms with Gasteiger partial charge in [-0.3, -0.25) is 0 Å². The van der Waals surface area contributed by atoms with Crippen LogP contribution in [0, 0.1) is 36.5 Å². The minimum absolute atomic E-state index is 0.00972. The van der Waals surface area contributed by atoms with Crippen molar-refractivity contribution in [3.63, 3.8) is 0 Å². The topological polar surface area (TPSA) is 65.1 Å². The Labute approximate surface area is 295 Å². The van der Waals surface area contributed by atoms with E-state index >= 15 is 0 Å². The van der Waals surface area contributed by atoms with Gasteiger partial charge in [0.05, 0.1) is 39.8 Å². The van der Waals surface area contributed by atoms with Crippen LogP contribution in [0.4, 0.5) is 0 Å². The average molecular weight is 658 g/mol. The normalized spacial score (nSPS) is 18.9. The highest BCUT2D eigenvalue weighted by Gasteiger charge is 2.49. The zero-order valence-corrected chi connectivity index (χ0v) is 32.0. The summed E-state index contributed by atoms with van der Waals surface area (Å²) in [6, 6.07) is 14.5. The first-order chi connectivity index (χ1) is 23.2. The zero-order valence-electron chi connectivity index (χ0n) is 32.0. The summed E-state index contributed by atoms with van der Waals surface area (Å²) in [5, 5.41) is 29.0. The molecule has 0 atom stereocenters. The van der Waals surface area contributed by atoms with Crippen LogP contribution in [-0.2, 0) is 27.1 Å². The Hall–Kier alpha value is -4.54. The van der Waals surface area contributed by atoms with Crippen LogP contribution in [0.25, 0.3) is 60.0 Å². The second-order valence-electron chi connectivity index (χ2n) is 19.5. The van der Waals surface area contributed by atoms with Gasteiger partial charge in [0.2, 0.25) is 0 Å². The number of rotatable bonds is 0. The van der Waals surface area contributed by atoms with Crippen LogP contribution < -0.4 is 0 Å². The van der Waals surface area contributed by atoms with Crippen molar-refractivity contribution in [2.45, 2.75) is 130 Å². The smallest absolute Gasteiger partial charge is 0.136 e. The second-order valence-corrected chi connectivity index (χ2v) is 19.5. The van der Waals surface area contributed by atoms with Crippen molar-refractivity contribution in [1.29, 1.82) is 10.5 Å². The van der Waals surface area contributed by atoms with Gasteiger partial charge in [0, 0.05) is 32.3 Å². The molecule has 0 N–H and O–H groups in total. The Morgan fingerprint density at radius 3 is 1.62 bits per heavy atom. The fourth-order valence-corrected chi connectivity index (χ4v) is 11.7. The van der Waals surface area contributed by atoms with Crippen LogP contribution in [0.1, 0.15) is 139 Å². The van der Waals surface area contributed by atoms with Crippen LogP contribution in [-0.4, -0.2) is 4.40 Å². The van der Waals surface area contributed by atoms with E-state index in [1.807, 2.05) is 0 Å². The molecule has 3 aromatic heterocycles. The lowest BCUT2D eigenvalue weighted by molar-refractivity contribution is 0.403. The van der Waals surface area contributed by atoms with E-state index in [1.54, 1.807) is 0 Å². The molecule has 2 aliphatic carbocycles. The van der Waals surface area contributed by atoms with Gasteiger partial charge in [0.25, 0.3) is 0 Å². The fraction of sp³-hybridized carbons (Fsp3) is 0.435. The highest BCUT2D eigenvalue weighted by atomic mass is 16.3. The standard InChI is InChI=1S/C46H47N3O/c1-22-27(18-47)35-37(45(10,11)20-43(35,6)7)32-26-17-30-31(25-15-14-24(42(3,4)5)16-29(25)50-30)33-34-38-36(44(8,9)21-46(38,12)13)28(19-48)23(2)40(34)49(39(22)32)41(26)33/h14-17H,20-21H2,1-13H3. The minimum atomic E-state index is -0.157. The maximum absolute atomic E-state index is 10.9. The first kappa shape index (κ1) is 31.4. The first-order valence-electron chi connectivity index (χ1n) is 18.3. The molecule has 0 spiro atoms. The van der Waals surface area contributed by atoms with Gasteiger partial charge in [0.15, 0.2) is 0 Å². The number of fused-ring (bicyclic) bond motifs is 14. The van der Waals surface area contributed by atoms with E-state index in [0.717, 1.165) is 68.1 Å². The number of aromatic nitrogens is 1. The molecule has 9 rings (SSSR count). The largest absolute Gasteiger partial charge is 0.456 e. The van der Waals surface area contributed by atoms with Crippen molar-refractivity contribution in [2.75, 3.05) is 0 Å². The molecule has 4 aromatic carbocycles. The van der Waals surface area contributed by atoms with E-state index in [4.69, 9.17) is 4.42 Å². The summed E-state index contributed by atoms with van der Waals surface area (Å²) >= 11 is 0. The summed E-state index contributed by atoms with van der Waals surface area (Å²) in [4.78, 5) is 0. The van der Waals surface area contributed by atoms with Crippen molar-refractivity contribution >= 4 is 60.0 Å². The Kier molecular flexibility index (Phi) is 5.56. The highest BCUT2D eigenvalue weighted by molar-refractivity contribution is 6.36. The summed E-state index contributed by atoms with van der Waals surface area (Å²) in [6.45, 7) is 29.7. The molecule has 7 aromatic rings. The van der Waals surface area contributed by atoms with Crippen LogP contribution >= 0.6 is 0 Å². The van der Waals surface area contributed by atoms with Crippen molar-refractivity contribution < 1.29 is 4.42 Å². The zero-order chi connectivity index (χ0) is 36.0. The van der Waals surface area contributed by atoms with Gasteiger partial charge in [-0.05, 0) is 105 Å². The van der Waals surface area contributed by atoms with Gasteiger partial charge in [-0.25, -0.2) is 0 Å². The van der Waals surface area contributed by atoms with Crippen molar-refractivity contribution in [2.24, 2.45) is 0 Å². The monoisotopic (exact) mass is 657 g/mol. The third-order valence-electron chi connectivity index (χ3n) is 12.9. The molecule has 0 fully saturated rings. The lowest BCUT2D eigenvalue weighted by Crippen LogP contribution is -2.18. The SMILES string of the molecule is Cc1c(C#N)c2c(c3c4cc5oc6cc(C(C)(C)C)ccc6c5c5c6c7c(c(C#N)c(C)c6n(c13)c45)C(C)(C)CC7(C)C)C(C)(C)CC2(C)C. The molecule has 252 valence electrons. The number of furan rings is 1. The third-order valence-corrected chi connectivity index (χ3v) is 12.9. The van der Waals surface area contributed by atoms with Gasteiger partial charge in [-0.2, -0.15) is 10.5 Å². The van der Waals surface area contributed by atoms with Crippen LogP contribution in [0.3, 0.4) is 0 Å². The van der Waals surface area contributed by atoms with E-state index < -0.39 is 0 Å². The number of hydrogen-bond acceptors (Lipinski definition) is 3. The Bertz CT molecular complexity index is 2820. The quantitative estimate of drug-likeness (QED) is 0.163. The summed E-state index contributed by atoms with van der Waals surface area (Å²) < 4.78 is 9.44. The fourth-order valence-electron chi connectivity index (χ4n) is 11.7. The molecule has 3 heterocycles. The summed E-state index contributed by atoms with van der Waals surface area (Å²) in [5.41, 5.74) is 14.5. The van der Waals surface area contributed by atoms with E-state index in [9.17, 15) is 10.5 Å². The number of benzene rings is 4. The van der Waals surface area contributed by atoms with Crippen LogP contribution in [0.15, 0.2) is 28.7 Å². The average Bonchev–Trinajstić information content (AvgIpc) is 3.71. The lowest BCUT2D eigenvalue weighted by atomic mass is 9.80. The molecule has 50 heavy (non-hydrogen) atoms. The van der Waals surface area contributed by atoms with Crippen LogP contribution in [0.2, 0.25) is 0 Å². The van der Waals surface area contributed by atoms with Crippen molar-refractivity contribution in [3.8, 4) is 12.1 Å². The number of aryl methyl sites for hydroxylation is 2. The van der Waals surface area contributed by atoms with Gasteiger partial charge in [-0.15, -0.1) is 0 Å². The van der Waals surface area contributed by atoms with E-state index in [2.05, 4.69) is 131 Å². The Morgan fingerprint density at radius 2 is 1.10 bits per heavy atom.